The predicted octanol–water partition coefficient (Wildman–Crippen LogP) is 1.73. The van der Waals surface area contributed by atoms with E-state index in [-0.39, 0.29) is 32.5 Å². The maximum absolute atomic E-state index is 15.8. The lowest BCUT2D eigenvalue weighted by Crippen LogP contribution is -2.53. The normalized spacial score (nSPS) is 18.1. The monoisotopic (exact) mass is 421 g/mol. The number of nitriles is 1. The topological polar surface area (TPSA) is 99.6 Å². The van der Waals surface area contributed by atoms with Gasteiger partial charge in [-0.05, 0) is 6.07 Å². The number of amides is 1. The molecule has 9 nitrogen and oxygen atoms in total. The van der Waals surface area contributed by atoms with Crippen LogP contribution in [0.3, 0.4) is 0 Å². The summed E-state index contributed by atoms with van der Waals surface area (Å²) in [5, 5.41) is 13.5. The van der Waals surface area contributed by atoms with E-state index in [2.05, 4.69) is 15.1 Å². The Kier molecular flexibility index (Phi) is 4.66. The molecular weight excluding hydrogens is 401 g/mol. The van der Waals surface area contributed by atoms with Crippen LogP contribution in [0.1, 0.15) is 24.0 Å². The summed E-state index contributed by atoms with van der Waals surface area (Å²) in [6.07, 6.45) is 6.53. The highest BCUT2D eigenvalue weighted by Crippen LogP contribution is 2.33. The van der Waals surface area contributed by atoms with Gasteiger partial charge in [0.05, 0.1) is 19.3 Å². The van der Waals surface area contributed by atoms with Crippen LogP contribution in [0.15, 0.2) is 36.9 Å². The number of rotatable bonds is 2. The van der Waals surface area contributed by atoms with Crippen molar-refractivity contribution in [2.24, 2.45) is 0 Å². The van der Waals surface area contributed by atoms with E-state index < -0.39 is 11.6 Å². The number of anilines is 1. The van der Waals surface area contributed by atoms with Crippen LogP contribution in [0, 0.1) is 11.3 Å². The van der Waals surface area contributed by atoms with Gasteiger partial charge in [-0.15, -0.1) is 0 Å². The van der Waals surface area contributed by atoms with Crippen LogP contribution in [-0.4, -0.2) is 62.3 Å². The Labute approximate surface area is 177 Å². The number of fused-ring (bicyclic) bond motifs is 2. The Morgan fingerprint density at radius 3 is 2.84 bits per heavy atom. The van der Waals surface area contributed by atoms with Crippen molar-refractivity contribution in [1.29, 1.82) is 5.26 Å². The molecule has 5 rings (SSSR count). The number of nitrogens with zero attached hydrogens (tertiary/aromatic N) is 7. The molecule has 2 aliphatic rings. The van der Waals surface area contributed by atoms with E-state index in [1.54, 1.807) is 23.1 Å². The smallest absolute Gasteiger partial charge is 0.260 e. The summed E-state index contributed by atoms with van der Waals surface area (Å²) in [6, 6.07) is 5.70. The molecule has 2 aliphatic heterocycles. The van der Waals surface area contributed by atoms with Gasteiger partial charge in [-0.25, -0.2) is 9.37 Å². The number of halogens is 1. The molecule has 31 heavy (non-hydrogen) atoms. The highest BCUT2D eigenvalue weighted by molar-refractivity contribution is 5.85. The molecular formula is C21H20FN7O2. The summed E-state index contributed by atoms with van der Waals surface area (Å²) in [5.41, 5.74) is -0.294. The van der Waals surface area contributed by atoms with Crippen molar-refractivity contribution in [3.05, 3.63) is 48.0 Å². The number of aromatic nitrogens is 4. The Morgan fingerprint density at radius 2 is 2.03 bits per heavy atom. The van der Waals surface area contributed by atoms with Crippen LogP contribution in [0.25, 0.3) is 5.65 Å². The summed E-state index contributed by atoms with van der Waals surface area (Å²) in [5.74, 6) is 0.720. The summed E-state index contributed by atoms with van der Waals surface area (Å²) < 4.78 is 23.2. The third-order valence-corrected chi connectivity index (χ3v) is 5.88. The van der Waals surface area contributed by atoms with Gasteiger partial charge in [-0.3, -0.25) is 9.78 Å². The zero-order chi connectivity index (χ0) is 21.4. The molecule has 1 saturated heterocycles. The van der Waals surface area contributed by atoms with Gasteiger partial charge in [-0.2, -0.15) is 14.9 Å². The number of carbonyl (C=O) groups excluding carboxylic acids is 1. The van der Waals surface area contributed by atoms with Crippen molar-refractivity contribution >= 4 is 17.4 Å². The molecule has 3 aromatic rings. The first-order chi connectivity index (χ1) is 15.1. The molecule has 1 amide bonds. The minimum Gasteiger partial charge on any atom is -0.490 e. The average Bonchev–Trinajstić information content (AvgIpc) is 3.17. The van der Waals surface area contributed by atoms with E-state index in [0.29, 0.717) is 30.0 Å². The van der Waals surface area contributed by atoms with E-state index in [1.807, 2.05) is 23.1 Å². The van der Waals surface area contributed by atoms with Crippen molar-refractivity contribution in [3.63, 3.8) is 0 Å². The van der Waals surface area contributed by atoms with E-state index in [9.17, 15) is 10.1 Å². The van der Waals surface area contributed by atoms with Crippen LogP contribution in [0.2, 0.25) is 0 Å². The molecule has 10 heteroatoms. The SMILES string of the molecule is N#Cc1cncc2c1OCCN(C(=O)C1(F)CCN(c3ccnc4ccnn34)CC1)C2. The molecule has 0 bridgehead atoms. The summed E-state index contributed by atoms with van der Waals surface area (Å²) >= 11 is 0. The Bertz CT molecular complexity index is 1180. The first kappa shape index (κ1) is 19.2. The van der Waals surface area contributed by atoms with Gasteiger partial charge in [0, 0.05) is 56.2 Å². The summed E-state index contributed by atoms with van der Waals surface area (Å²) in [7, 11) is 0. The molecule has 0 unspecified atom stereocenters. The molecule has 5 heterocycles. The number of hydrogen-bond donors (Lipinski definition) is 0. The van der Waals surface area contributed by atoms with Crippen molar-refractivity contribution < 1.29 is 13.9 Å². The number of alkyl halides is 1. The quantitative estimate of drug-likeness (QED) is 0.621. The molecule has 0 N–H and O–H groups in total. The van der Waals surface area contributed by atoms with Crippen LogP contribution in [0.5, 0.6) is 5.75 Å². The van der Waals surface area contributed by atoms with Gasteiger partial charge < -0.3 is 14.5 Å². The van der Waals surface area contributed by atoms with Gasteiger partial charge in [0.25, 0.3) is 5.91 Å². The Morgan fingerprint density at radius 1 is 1.19 bits per heavy atom. The number of carbonyl (C=O) groups is 1. The maximum atomic E-state index is 15.8. The minimum absolute atomic E-state index is 0.0810. The molecule has 0 spiro atoms. The zero-order valence-corrected chi connectivity index (χ0v) is 16.7. The van der Waals surface area contributed by atoms with Gasteiger partial charge in [0.1, 0.15) is 29.8 Å². The van der Waals surface area contributed by atoms with Crippen molar-refractivity contribution in [3.8, 4) is 11.8 Å². The second-order valence-electron chi connectivity index (χ2n) is 7.72. The van der Waals surface area contributed by atoms with Crippen molar-refractivity contribution in [2.75, 3.05) is 31.1 Å². The fourth-order valence-electron chi connectivity index (χ4n) is 4.22. The number of pyridine rings is 1. The van der Waals surface area contributed by atoms with Crippen LogP contribution >= 0.6 is 0 Å². The zero-order valence-electron chi connectivity index (χ0n) is 16.7. The van der Waals surface area contributed by atoms with E-state index in [4.69, 9.17) is 4.74 Å². The molecule has 158 valence electrons. The van der Waals surface area contributed by atoms with Gasteiger partial charge in [0.15, 0.2) is 11.3 Å². The molecule has 0 aromatic carbocycles. The highest BCUT2D eigenvalue weighted by Gasteiger charge is 2.45. The second-order valence-corrected chi connectivity index (χ2v) is 7.72. The standard InChI is InChI=1S/C21H20FN7O2/c22-21(3-7-27(8-4-21)18-2-5-25-17-1-6-26-29(17)18)20(30)28-9-10-31-19-15(11-23)12-24-13-16(19)14-28/h1-2,5-6,12-13H,3-4,7-10,14H2. The lowest BCUT2D eigenvalue weighted by atomic mass is 9.91. The van der Waals surface area contributed by atoms with Gasteiger partial charge in [-0.1, -0.05) is 0 Å². The minimum atomic E-state index is -1.95. The molecule has 0 aliphatic carbocycles. The maximum Gasteiger partial charge on any atom is 0.260 e. The summed E-state index contributed by atoms with van der Waals surface area (Å²) in [4.78, 5) is 25.0. The predicted molar refractivity (Wildman–Crippen MR) is 108 cm³/mol. The third kappa shape index (κ3) is 3.32. The molecule has 3 aromatic heterocycles. The summed E-state index contributed by atoms with van der Waals surface area (Å²) in [6.45, 7) is 1.41. The fraction of sp³-hybridized carbons (Fsp3) is 0.381. The van der Waals surface area contributed by atoms with Crippen molar-refractivity contribution in [1.82, 2.24) is 24.5 Å². The largest absolute Gasteiger partial charge is 0.490 e. The van der Waals surface area contributed by atoms with Gasteiger partial charge in [0.2, 0.25) is 0 Å². The van der Waals surface area contributed by atoms with E-state index >= 15 is 4.39 Å². The molecule has 0 saturated carbocycles. The second kappa shape index (κ2) is 7.50. The molecule has 1 fully saturated rings. The number of ether oxygens (including phenoxy) is 1. The number of hydrogen-bond acceptors (Lipinski definition) is 7. The van der Waals surface area contributed by atoms with Crippen LogP contribution < -0.4 is 9.64 Å². The first-order valence-electron chi connectivity index (χ1n) is 10.1. The van der Waals surface area contributed by atoms with Gasteiger partial charge >= 0.3 is 0 Å². The first-order valence-corrected chi connectivity index (χ1v) is 10.1. The lowest BCUT2D eigenvalue weighted by molar-refractivity contribution is -0.146. The molecule has 0 radical (unpaired) electrons. The molecule has 0 atom stereocenters. The Hall–Kier alpha value is -3.74. The number of piperidine rings is 1. The third-order valence-electron chi connectivity index (χ3n) is 5.88. The van der Waals surface area contributed by atoms with Crippen LogP contribution in [0.4, 0.5) is 10.2 Å². The van der Waals surface area contributed by atoms with E-state index in [0.717, 1.165) is 11.5 Å². The van der Waals surface area contributed by atoms with Crippen molar-refractivity contribution in [2.45, 2.75) is 25.1 Å². The highest BCUT2D eigenvalue weighted by atomic mass is 19.1. The fourth-order valence-corrected chi connectivity index (χ4v) is 4.22. The van der Waals surface area contributed by atoms with Crippen LogP contribution in [-0.2, 0) is 11.3 Å². The van der Waals surface area contributed by atoms with E-state index in [1.165, 1.54) is 11.1 Å². The lowest BCUT2D eigenvalue weighted by Gasteiger charge is -2.38. The Balaban J connectivity index is 1.32. The average molecular weight is 421 g/mol.